The van der Waals surface area contributed by atoms with Gasteiger partial charge in [0.05, 0.1) is 10.0 Å². The van der Waals surface area contributed by atoms with Crippen molar-refractivity contribution in [1.82, 2.24) is 0 Å². The van der Waals surface area contributed by atoms with Crippen molar-refractivity contribution in [2.24, 2.45) is 11.1 Å². The molecule has 104 valence electrons. The second-order valence-corrected chi connectivity index (χ2v) is 5.76. The SMILES string of the molecule is NCC1(C(=O)Cc2ccc(Cl)c(Cl)c2)CCOCC1. The van der Waals surface area contributed by atoms with Gasteiger partial charge in [0.1, 0.15) is 5.78 Å². The zero-order valence-electron chi connectivity index (χ0n) is 10.6. The number of carbonyl (C=O) groups excluding carboxylic acids is 1. The fraction of sp³-hybridized carbons (Fsp3) is 0.500. The van der Waals surface area contributed by atoms with Crippen molar-refractivity contribution in [1.29, 1.82) is 0 Å². The third kappa shape index (κ3) is 3.29. The highest BCUT2D eigenvalue weighted by Crippen LogP contribution is 2.32. The highest BCUT2D eigenvalue weighted by atomic mass is 35.5. The molecule has 0 aliphatic carbocycles. The van der Waals surface area contributed by atoms with Gasteiger partial charge < -0.3 is 10.5 Å². The number of hydrogen-bond acceptors (Lipinski definition) is 3. The first-order valence-corrected chi connectivity index (χ1v) is 7.08. The molecule has 1 fully saturated rings. The van der Waals surface area contributed by atoms with Crippen LogP contribution >= 0.6 is 23.2 Å². The molecule has 1 heterocycles. The largest absolute Gasteiger partial charge is 0.381 e. The summed E-state index contributed by atoms with van der Waals surface area (Å²) in [6.45, 7) is 1.57. The molecule has 0 spiro atoms. The topological polar surface area (TPSA) is 52.3 Å². The summed E-state index contributed by atoms with van der Waals surface area (Å²) in [5.74, 6) is 0.164. The van der Waals surface area contributed by atoms with Crippen molar-refractivity contribution in [3.05, 3.63) is 33.8 Å². The lowest BCUT2D eigenvalue weighted by Gasteiger charge is -2.34. The molecule has 3 nitrogen and oxygen atoms in total. The number of ketones is 1. The van der Waals surface area contributed by atoms with Crippen LogP contribution < -0.4 is 5.73 Å². The number of hydrogen-bond donors (Lipinski definition) is 1. The molecule has 0 aromatic heterocycles. The van der Waals surface area contributed by atoms with Gasteiger partial charge in [-0.2, -0.15) is 0 Å². The molecule has 1 saturated heterocycles. The smallest absolute Gasteiger partial charge is 0.144 e. The van der Waals surface area contributed by atoms with Crippen molar-refractivity contribution in [3.63, 3.8) is 0 Å². The van der Waals surface area contributed by atoms with E-state index in [4.69, 9.17) is 33.7 Å². The maximum atomic E-state index is 12.5. The van der Waals surface area contributed by atoms with Crippen LogP contribution in [0.2, 0.25) is 10.0 Å². The van der Waals surface area contributed by atoms with E-state index in [-0.39, 0.29) is 5.78 Å². The third-order valence-corrected chi connectivity index (χ3v) is 4.52. The molecule has 0 amide bonds. The van der Waals surface area contributed by atoms with Crippen LogP contribution in [0.15, 0.2) is 18.2 Å². The average Bonchev–Trinajstić information content (AvgIpc) is 2.43. The Bertz CT molecular complexity index is 471. The van der Waals surface area contributed by atoms with Gasteiger partial charge in [-0.1, -0.05) is 29.3 Å². The van der Waals surface area contributed by atoms with Crippen LogP contribution in [0, 0.1) is 5.41 Å². The average molecular weight is 302 g/mol. The molecule has 1 aliphatic rings. The molecule has 2 N–H and O–H groups in total. The van der Waals surface area contributed by atoms with Crippen LogP contribution in [-0.4, -0.2) is 25.5 Å². The van der Waals surface area contributed by atoms with Crippen molar-refractivity contribution in [2.45, 2.75) is 19.3 Å². The van der Waals surface area contributed by atoms with E-state index >= 15 is 0 Å². The maximum absolute atomic E-state index is 12.5. The van der Waals surface area contributed by atoms with Gasteiger partial charge in [0.15, 0.2) is 0 Å². The lowest BCUT2D eigenvalue weighted by atomic mass is 9.74. The number of benzene rings is 1. The van der Waals surface area contributed by atoms with Crippen molar-refractivity contribution >= 4 is 29.0 Å². The lowest BCUT2D eigenvalue weighted by molar-refractivity contribution is -0.132. The van der Waals surface area contributed by atoms with Gasteiger partial charge in [-0.05, 0) is 30.5 Å². The van der Waals surface area contributed by atoms with Crippen LogP contribution in [0.3, 0.4) is 0 Å². The first-order chi connectivity index (χ1) is 9.07. The number of halogens is 2. The molecule has 1 aromatic carbocycles. The fourth-order valence-corrected chi connectivity index (χ4v) is 2.70. The quantitative estimate of drug-likeness (QED) is 0.930. The van der Waals surface area contributed by atoms with E-state index in [2.05, 4.69) is 0 Å². The summed E-state index contributed by atoms with van der Waals surface area (Å²) in [5, 5.41) is 0.971. The third-order valence-electron chi connectivity index (χ3n) is 3.78. The number of ether oxygens (including phenoxy) is 1. The van der Waals surface area contributed by atoms with Gasteiger partial charge >= 0.3 is 0 Å². The molecule has 0 saturated carbocycles. The minimum Gasteiger partial charge on any atom is -0.381 e. The molecule has 0 radical (unpaired) electrons. The zero-order chi connectivity index (χ0) is 13.9. The Morgan fingerprint density at radius 2 is 1.95 bits per heavy atom. The minimum absolute atomic E-state index is 0.164. The number of rotatable bonds is 4. The Kier molecular flexibility index (Phi) is 4.85. The van der Waals surface area contributed by atoms with Crippen LogP contribution in [-0.2, 0) is 16.0 Å². The normalized spacial score (nSPS) is 18.3. The number of carbonyl (C=O) groups is 1. The zero-order valence-corrected chi connectivity index (χ0v) is 12.1. The second-order valence-electron chi connectivity index (χ2n) is 4.95. The van der Waals surface area contributed by atoms with Gasteiger partial charge in [0, 0.05) is 31.6 Å². The summed E-state index contributed by atoms with van der Waals surface area (Å²) < 4.78 is 5.32. The van der Waals surface area contributed by atoms with Crippen LogP contribution in [0.5, 0.6) is 0 Å². The van der Waals surface area contributed by atoms with Crippen LogP contribution in [0.25, 0.3) is 0 Å². The molecule has 1 aromatic rings. The van der Waals surface area contributed by atoms with Gasteiger partial charge in [-0.3, -0.25) is 4.79 Å². The molecule has 0 unspecified atom stereocenters. The van der Waals surface area contributed by atoms with Crippen molar-refractivity contribution in [3.8, 4) is 0 Å². The summed E-state index contributed by atoms with van der Waals surface area (Å²) >= 11 is 11.8. The highest BCUT2D eigenvalue weighted by Gasteiger charge is 2.38. The summed E-state index contributed by atoms with van der Waals surface area (Å²) in [7, 11) is 0. The van der Waals surface area contributed by atoms with E-state index in [0.29, 0.717) is 49.1 Å². The molecule has 1 aliphatic heterocycles. The minimum atomic E-state index is -0.440. The summed E-state index contributed by atoms with van der Waals surface area (Å²) in [6.07, 6.45) is 1.74. The maximum Gasteiger partial charge on any atom is 0.144 e. The fourth-order valence-electron chi connectivity index (χ4n) is 2.38. The van der Waals surface area contributed by atoms with E-state index in [1.54, 1.807) is 12.1 Å². The molecule has 19 heavy (non-hydrogen) atoms. The molecule has 2 rings (SSSR count). The lowest BCUT2D eigenvalue weighted by Crippen LogP contribution is -2.44. The molecule has 5 heteroatoms. The molecular formula is C14H17Cl2NO2. The molecular weight excluding hydrogens is 285 g/mol. The van der Waals surface area contributed by atoms with E-state index in [9.17, 15) is 4.79 Å². The Morgan fingerprint density at radius 1 is 1.26 bits per heavy atom. The van der Waals surface area contributed by atoms with Crippen molar-refractivity contribution in [2.75, 3.05) is 19.8 Å². The monoisotopic (exact) mass is 301 g/mol. The van der Waals surface area contributed by atoms with Gasteiger partial charge in [-0.25, -0.2) is 0 Å². The Morgan fingerprint density at radius 3 is 2.53 bits per heavy atom. The highest BCUT2D eigenvalue weighted by molar-refractivity contribution is 6.42. The number of Topliss-reactive ketones (excluding diaryl/α,β-unsaturated/α-hetero) is 1. The molecule has 0 bridgehead atoms. The van der Waals surface area contributed by atoms with Gasteiger partial charge in [0.2, 0.25) is 0 Å². The van der Waals surface area contributed by atoms with Crippen LogP contribution in [0.4, 0.5) is 0 Å². The van der Waals surface area contributed by atoms with Crippen LogP contribution in [0.1, 0.15) is 18.4 Å². The van der Waals surface area contributed by atoms with Gasteiger partial charge in [-0.15, -0.1) is 0 Å². The Hall–Kier alpha value is -0.610. The van der Waals surface area contributed by atoms with E-state index in [1.807, 2.05) is 6.07 Å². The number of nitrogens with two attached hydrogens (primary N) is 1. The summed E-state index contributed by atoms with van der Waals surface area (Å²) in [4.78, 5) is 12.5. The van der Waals surface area contributed by atoms with Crippen molar-refractivity contribution < 1.29 is 9.53 Å². The predicted octanol–water partition coefficient (Wildman–Crippen LogP) is 2.86. The summed E-state index contributed by atoms with van der Waals surface area (Å²) in [6, 6.07) is 5.28. The van der Waals surface area contributed by atoms with E-state index in [0.717, 1.165) is 5.56 Å². The summed E-state index contributed by atoms with van der Waals surface area (Å²) in [5.41, 5.74) is 6.26. The first-order valence-electron chi connectivity index (χ1n) is 6.32. The predicted molar refractivity (Wildman–Crippen MR) is 76.7 cm³/mol. The Balaban J connectivity index is 2.12. The molecule has 0 atom stereocenters. The standard InChI is InChI=1S/C14H17Cl2NO2/c15-11-2-1-10(7-12(11)16)8-13(18)14(9-17)3-5-19-6-4-14/h1-2,7H,3-6,8-9,17H2. The van der Waals surface area contributed by atoms with E-state index in [1.165, 1.54) is 0 Å². The van der Waals surface area contributed by atoms with E-state index < -0.39 is 5.41 Å². The first kappa shape index (κ1) is 14.8. The van der Waals surface area contributed by atoms with Gasteiger partial charge in [0.25, 0.3) is 0 Å². The Labute approximate surface area is 123 Å². The second kappa shape index (κ2) is 6.23.